The van der Waals surface area contributed by atoms with Gasteiger partial charge in [-0.05, 0) is 31.0 Å². The van der Waals surface area contributed by atoms with Crippen molar-refractivity contribution in [3.05, 3.63) is 23.3 Å². The Morgan fingerprint density at radius 3 is 2.88 bits per heavy atom. The number of thiazole rings is 1. The van der Waals surface area contributed by atoms with E-state index in [4.69, 9.17) is 0 Å². The number of anilines is 1. The number of rotatable bonds is 2. The molecule has 0 bridgehead atoms. The van der Waals surface area contributed by atoms with Crippen molar-refractivity contribution >= 4 is 32.6 Å². The Kier molecular flexibility index (Phi) is 2.92. The minimum absolute atomic E-state index is 0.00781. The summed E-state index contributed by atoms with van der Waals surface area (Å²) in [4.78, 5) is 15.7. The second-order valence-electron chi connectivity index (χ2n) is 3.85. The van der Waals surface area contributed by atoms with Gasteiger partial charge in [0.05, 0.1) is 10.2 Å². The van der Waals surface area contributed by atoms with E-state index in [0.717, 1.165) is 10.2 Å². The predicted octanol–water partition coefficient (Wildman–Crippen LogP) is 3.26. The summed E-state index contributed by atoms with van der Waals surface area (Å²) < 4.78 is 1.15. The van der Waals surface area contributed by atoms with Gasteiger partial charge in [-0.25, -0.2) is 4.98 Å². The molecule has 3 nitrogen and oxygen atoms in total. The maximum Gasteiger partial charge on any atom is 0.225 e. The van der Waals surface area contributed by atoms with Crippen molar-refractivity contribution in [2.24, 2.45) is 0 Å². The molecule has 2 rings (SSSR count). The summed E-state index contributed by atoms with van der Waals surface area (Å²) in [6.07, 6.45) is 0.480. The van der Waals surface area contributed by atoms with E-state index in [2.05, 4.69) is 30.2 Å². The largest absolute Gasteiger partial charge is 0.302 e. The number of benzene rings is 1. The predicted molar refractivity (Wildman–Crippen MR) is 68.0 cm³/mol. The van der Waals surface area contributed by atoms with Crippen LogP contribution >= 0.6 is 11.3 Å². The number of nitrogens with one attached hydrogen (secondary N) is 1. The molecule has 0 radical (unpaired) electrons. The van der Waals surface area contributed by atoms with Crippen LogP contribution in [0.2, 0.25) is 0 Å². The lowest BCUT2D eigenvalue weighted by atomic mass is 10.1. The van der Waals surface area contributed by atoms with Gasteiger partial charge < -0.3 is 5.32 Å². The number of aryl methyl sites for hydroxylation is 2. The SMILES string of the molecule is CCC(=O)Nc1nc2cc(C)cc(C)c2s1. The van der Waals surface area contributed by atoms with E-state index in [9.17, 15) is 4.79 Å². The van der Waals surface area contributed by atoms with Crippen LogP contribution in [0.1, 0.15) is 24.5 Å². The lowest BCUT2D eigenvalue weighted by Crippen LogP contribution is -2.08. The first-order valence-electron chi connectivity index (χ1n) is 5.27. The van der Waals surface area contributed by atoms with Gasteiger partial charge in [0.25, 0.3) is 0 Å². The van der Waals surface area contributed by atoms with Crippen molar-refractivity contribution in [1.29, 1.82) is 0 Å². The number of hydrogen-bond donors (Lipinski definition) is 1. The first kappa shape index (κ1) is 11.1. The van der Waals surface area contributed by atoms with Crippen LogP contribution < -0.4 is 5.32 Å². The maximum absolute atomic E-state index is 11.3. The zero-order chi connectivity index (χ0) is 11.7. The van der Waals surface area contributed by atoms with Crippen LogP contribution in [0, 0.1) is 13.8 Å². The van der Waals surface area contributed by atoms with Crippen LogP contribution in [0.15, 0.2) is 12.1 Å². The normalized spacial score (nSPS) is 10.7. The quantitative estimate of drug-likeness (QED) is 0.866. The summed E-state index contributed by atoms with van der Waals surface area (Å²) in [7, 11) is 0. The number of hydrogen-bond acceptors (Lipinski definition) is 3. The van der Waals surface area contributed by atoms with Crippen LogP contribution in [0.3, 0.4) is 0 Å². The molecule has 1 amide bonds. The van der Waals surface area contributed by atoms with E-state index in [1.54, 1.807) is 0 Å². The van der Waals surface area contributed by atoms with Crippen molar-refractivity contribution in [1.82, 2.24) is 4.98 Å². The number of fused-ring (bicyclic) bond motifs is 1. The molecular formula is C12H14N2OS. The topological polar surface area (TPSA) is 42.0 Å². The molecule has 0 saturated heterocycles. The zero-order valence-corrected chi connectivity index (χ0v) is 10.4. The van der Waals surface area contributed by atoms with Crippen LogP contribution in [-0.4, -0.2) is 10.9 Å². The highest BCUT2D eigenvalue weighted by Crippen LogP contribution is 2.29. The number of carbonyl (C=O) groups is 1. The molecule has 0 spiro atoms. The van der Waals surface area contributed by atoms with Gasteiger partial charge in [-0.2, -0.15) is 0 Å². The smallest absolute Gasteiger partial charge is 0.225 e. The first-order chi connectivity index (χ1) is 7.60. The van der Waals surface area contributed by atoms with Gasteiger partial charge in [0.2, 0.25) is 5.91 Å². The van der Waals surface area contributed by atoms with Crippen molar-refractivity contribution in [3.63, 3.8) is 0 Å². The van der Waals surface area contributed by atoms with Gasteiger partial charge in [0.15, 0.2) is 5.13 Å². The zero-order valence-electron chi connectivity index (χ0n) is 9.63. The molecule has 0 aliphatic rings. The van der Waals surface area contributed by atoms with Crippen molar-refractivity contribution in [2.45, 2.75) is 27.2 Å². The molecule has 1 aromatic heterocycles. The molecule has 0 aliphatic carbocycles. The van der Waals surface area contributed by atoms with Gasteiger partial charge in [-0.3, -0.25) is 4.79 Å². The molecule has 0 aliphatic heterocycles. The molecule has 16 heavy (non-hydrogen) atoms. The number of amides is 1. The standard InChI is InChI=1S/C12H14N2OS/c1-4-10(15)14-12-13-9-6-7(2)5-8(3)11(9)16-12/h5-6H,4H2,1-3H3,(H,13,14,15). The Morgan fingerprint density at radius 1 is 1.44 bits per heavy atom. The van der Waals surface area contributed by atoms with Gasteiger partial charge >= 0.3 is 0 Å². The van der Waals surface area contributed by atoms with Gasteiger partial charge in [0, 0.05) is 6.42 Å². The summed E-state index contributed by atoms with van der Waals surface area (Å²) >= 11 is 1.53. The number of aromatic nitrogens is 1. The van der Waals surface area contributed by atoms with E-state index < -0.39 is 0 Å². The summed E-state index contributed by atoms with van der Waals surface area (Å²) in [5.74, 6) is 0.00781. The monoisotopic (exact) mass is 234 g/mol. The Labute approximate surface area is 98.5 Å². The Bertz CT molecular complexity index is 545. The highest BCUT2D eigenvalue weighted by atomic mass is 32.1. The molecule has 0 fully saturated rings. The molecule has 1 N–H and O–H groups in total. The Hall–Kier alpha value is -1.42. The lowest BCUT2D eigenvalue weighted by molar-refractivity contribution is -0.115. The fraction of sp³-hybridized carbons (Fsp3) is 0.333. The summed E-state index contributed by atoms with van der Waals surface area (Å²) in [5, 5.41) is 3.49. The second-order valence-corrected chi connectivity index (χ2v) is 4.85. The van der Waals surface area contributed by atoms with E-state index >= 15 is 0 Å². The summed E-state index contributed by atoms with van der Waals surface area (Å²) in [6, 6.07) is 4.17. The third-order valence-corrected chi connectivity index (χ3v) is 3.51. The number of nitrogens with zero attached hydrogens (tertiary/aromatic N) is 1. The Morgan fingerprint density at radius 2 is 2.19 bits per heavy atom. The van der Waals surface area contributed by atoms with Crippen LogP contribution in [0.25, 0.3) is 10.2 Å². The highest BCUT2D eigenvalue weighted by molar-refractivity contribution is 7.22. The Balaban J connectivity index is 2.44. The van der Waals surface area contributed by atoms with Gasteiger partial charge in [0.1, 0.15) is 0 Å². The average Bonchev–Trinajstić information content (AvgIpc) is 2.60. The fourth-order valence-corrected chi connectivity index (χ4v) is 2.57. The second kappa shape index (κ2) is 4.22. The van der Waals surface area contributed by atoms with Crippen LogP contribution in [-0.2, 0) is 4.79 Å². The lowest BCUT2D eigenvalue weighted by Gasteiger charge is -1.95. The minimum Gasteiger partial charge on any atom is -0.302 e. The van der Waals surface area contributed by atoms with E-state index in [1.165, 1.54) is 22.5 Å². The third kappa shape index (κ3) is 2.07. The summed E-state index contributed by atoms with van der Waals surface area (Å²) in [6.45, 7) is 5.95. The molecule has 0 unspecified atom stereocenters. The fourth-order valence-electron chi connectivity index (χ4n) is 1.64. The van der Waals surface area contributed by atoms with Gasteiger partial charge in [-0.1, -0.05) is 24.3 Å². The molecule has 0 atom stereocenters. The molecule has 0 saturated carbocycles. The van der Waals surface area contributed by atoms with Crippen molar-refractivity contribution in [2.75, 3.05) is 5.32 Å². The third-order valence-electron chi connectivity index (χ3n) is 2.39. The molecule has 84 valence electrons. The first-order valence-corrected chi connectivity index (χ1v) is 6.09. The minimum atomic E-state index is 0.00781. The highest BCUT2D eigenvalue weighted by Gasteiger charge is 2.08. The molecule has 2 aromatic rings. The summed E-state index contributed by atoms with van der Waals surface area (Å²) in [5.41, 5.74) is 3.38. The van der Waals surface area contributed by atoms with E-state index in [-0.39, 0.29) is 5.91 Å². The van der Waals surface area contributed by atoms with Crippen LogP contribution in [0.4, 0.5) is 5.13 Å². The molecule has 1 aromatic carbocycles. The van der Waals surface area contributed by atoms with Crippen molar-refractivity contribution < 1.29 is 4.79 Å². The maximum atomic E-state index is 11.3. The average molecular weight is 234 g/mol. The number of carbonyl (C=O) groups excluding carboxylic acids is 1. The van der Waals surface area contributed by atoms with E-state index in [0.29, 0.717) is 11.6 Å². The van der Waals surface area contributed by atoms with Crippen LogP contribution in [0.5, 0.6) is 0 Å². The molecule has 4 heteroatoms. The molecular weight excluding hydrogens is 220 g/mol. The van der Waals surface area contributed by atoms with E-state index in [1.807, 2.05) is 13.0 Å². The molecule has 1 heterocycles. The van der Waals surface area contributed by atoms with Gasteiger partial charge in [-0.15, -0.1) is 0 Å². The van der Waals surface area contributed by atoms with Crippen molar-refractivity contribution in [3.8, 4) is 0 Å².